The molecule has 1 N–H and O–H groups in total. The van der Waals surface area contributed by atoms with Gasteiger partial charge in [-0.1, -0.05) is 19.8 Å². The zero-order valence-corrected chi connectivity index (χ0v) is 11.1. The van der Waals surface area contributed by atoms with Gasteiger partial charge in [-0.05, 0) is 38.6 Å². The molecule has 1 aromatic rings. The van der Waals surface area contributed by atoms with Gasteiger partial charge >= 0.3 is 0 Å². The Morgan fingerprint density at radius 1 is 1.50 bits per heavy atom. The van der Waals surface area contributed by atoms with E-state index in [9.17, 15) is 0 Å². The number of aromatic nitrogens is 1. The molecule has 1 aliphatic rings. The van der Waals surface area contributed by atoms with Crippen molar-refractivity contribution in [1.82, 2.24) is 10.3 Å². The van der Waals surface area contributed by atoms with E-state index in [0.29, 0.717) is 6.04 Å². The summed E-state index contributed by atoms with van der Waals surface area (Å²) in [6.07, 6.45) is 6.76. The molecule has 0 aliphatic heterocycles. The molecular formula is C13H22N2S. The fourth-order valence-electron chi connectivity index (χ4n) is 2.56. The summed E-state index contributed by atoms with van der Waals surface area (Å²) in [7, 11) is 0. The largest absolute Gasteiger partial charge is 0.308 e. The lowest BCUT2D eigenvalue weighted by Crippen LogP contribution is -2.27. The van der Waals surface area contributed by atoms with Crippen molar-refractivity contribution in [3.8, 4) is 0 Å². The minimum absolute atomic E-state index is 0.515. The summed E-state index contributed by atoms with van der Waals surface area (Å²) in [4.78, 5) is 4.66. The maximum Gasteiger partial charge on any atom is 0.110 e. The molecule has 1 atom stereocenters. The van der Waals surface area contributed by atoms with Crippen LogP contribution < -0.4 is 5.32 Å². The van der Waals surface area contributed by atoms with Gasteiger partial charge < -0.3 is 5.32 Å². The van der Waals surface area contributed by atoms with Gasteiger partial charge in [-0.25, -0.2) is 4.98 Å². The highest BCUT2D eigenvalue weighted by Gasteiger charge is 2.27. The normalized spacial score (nSPS) is 19.1. The standard InChI is InChI=1S/C13H22N2S/c1-3-8-14-12(11-6-4-5-7-11)13-15-10(2)9-16-13/h9,11-12,14H,3-8H2,1-2H3. The zero-order valence-electron chi connectivity index (χ0n) is 10.3. The van der Waals surface area contributed by atoms with Crippen molar-refractivity contribution in [2.24, 2.45) is 5.92 Å². The molecule has 3 heteroatoms. The predicted octanol–water partition coefficient (Wildman–Crippen LogP) is 3.68. The van der Waals surface area contributed by atoms with Crippen molar-refractivity contribution < 1.29 is 0 Å². The van der Waals surface area contributed by atoms with E-state index in [2.05, 4.69) is 29.5 Å². The maximum absolute atomic E-state index is 4.66. The molecular weight excluding hydrogens is 216 g/mol. The van der Waals surface area contributed by atoms with E-state index < -0.39 is 0 Å². The molecule has 1 aromatic heterocycles. The van der Waals surface area contributed by atoms with Gasteiger partial charge in [-0.3, -0.25) is 0 Å². The Hall–Kier alpha value is -0.410. The van der Waals surface area contributed by atoms with E-state index in [1.165, 1.54) is 42.8 Å². The van der Waals surface area contributed by atoms with Crippen LogP contribution in [0.4, 0.5) is 0 Å². The van der Waals surface area contributed by atoms with Gasteiger partial charge in [0.25, 0.3) is 0 Å². The number of nitrogens with zero attached hydrogens (tertiary/aromatic N) is 1. The molecule has 0 aromatic carbocycles. The first-order valence-electron chi connectivity index (χ1n) is 6.46. The van der Waals surface area contributed by atoms with Crippen LogP contribution in [0.2, 0.25) is 0 Å². The van der Waals surface area contributed by atoms with Crippen LogP contribution in [0.3, 0.4) is 0 Å². The Morgan fingerprint density at radius 2 is 2.25 bits per heavy atom. The lowest BCUT2D eigenvalue weighted by atomic mass is 9.98. The van der Waals surface area contributed by atoms with Gasteiger partial charge in [0.05, 0.1) is 6.04 Å². The second-order valence-electron chi connectivity index (χ2n) is 4.80. The second kappa shape index (κ2) is 5.78. The third-order valence-electron chi connectivity index (χ3n) is 3.39. The van der Waals surface area contributed by atoms with Crippen molar-refractivity contribution in [1.29, 1.82) is 0 Å². The molecule has 0 spiro atoms. The first-order valence-corrected chi connectivity index (χ1v) is 7.34. The Morgan fingerprint density at radius 3 is 2.81 bits per heavy atom. The minimum Gasteiger partial charge on any atom is -0.308 e. The fraction of sp³-hybridized carbons (Fsp3) is 0.769. The summed E-state index contributed by atoms with van der Waals surface area (Å²) in [5.74, 6) is 0.817. The minimum atomic E-state index is 0.515. The van der Waals surface area contributed by atoms with Crippen LogP contribution >= 0.6 is 11.3 Å². The predicted molar refractivity (Wildman–Crippen MR) is 69.8 cm³/mol. The van der Waals surface area contributed by atoms with Gasteiger partial charge in [0, 0.05) is 11.1 Å². The van der Waals surface area contributed by atoms with E-state index in [1.807, 2.05) is 11.3 Å². The van der Waals surface area contributed by atoms with E-state index in [1.54, 1.807) is 0 Å². The first-order chi connectivity index (χ1) is 7.81. The fourth-order valence-corrected chi connectivity index (χ4v) is 3.52. The lowest BCUT2D eigenvalue weighted by Gasteiger charge is -2.22. The third-order valence-corrected chi connectivity index (χ3v) is 4.43. The monoisotopic (exact) mass is 238 g/mol. The topological polar surface area (TPSA) is 24.9 Å². The molecule has 0 amide bonds. The highest BCUT2D eigenvalue weighted by atomic mass is 32.1. The third kappa shape index (κ3) is 2.83. The Labute approximate surface area is 102 Å². The molecule has 1 saturated carbocycles. The van der Waals surface area contributed by atoms with Gasteiger partial charge in [0.2, 0.25) is 0 Å². The first kappa shape index (κ1) is 12.1. The molecule has 2 nitrogen and oxygen atoms in total. The Kier molecular flexibility index (Phi) is 4.36. The molecule has 1 fully saturated rings. The van der Waals surface area contributed by atoms with Gasteiger partial charge in [-0.15, -0.1) is 11.3 Å². The Bertz CT molecular complexity index is 315. The average Bonchev–Trinajstić information content (AvgIpc) is 2.91. The van der Waals surface area contributed by atoms with Crippen molar-refractivity contribution in [3.05, 3.63) is 16.1 Å². The van der Waals surface area contributed by atoms with Crippen LogP contribution in [0.25, 0.3) is 0 Å². The summed E-state index contributed by atoms with van der Waals surface area (Å²) < 4.78 is 0. The second-order valence-corrected chi connectivity index (χ2v) is 5.69. The van der Waals surface area contributed by atoms with Crippen molar-refractivity contribution >= 4 is 11.3 Å². The van der Waals surface area contributed by atoms with Gasteiger partial charge in [0.1, 0.15) is 5.01 Å². The number of hydrogen-bond acceptors (Lipinski definition) is 3. The molecule has 1 unspecified atom stereocenters. The van der Waals surface area contributed by atoms with E-state index >= 15 is 0 Å². The average molecular weight is 238 g/mol. The summed E-state index contributed by atoms with van der Waals surface area (Å²) in [6, 6.07) is 0.515. The van der Waals surface area contributed by atoms with Gasteiger partial charge in [0.15, 0.2) is 0 Å². The highest BCUT2D eigenvalue weighted by Crippen LogP contribution is 2.36. The van der Waals surface area contributed by atoms with Gasteiger partial charge in [-0.2, -0.15) is 0 Å². The molecule has 2 rings (SSSR count). The van der Waals surface area contributed by atoms with E-state index in [4.69, 9.17) is 0 Å². The number of aryl methyl sites for hydroxylation is 1. The number of thiazole rings is 1. The summed E-state index contributed by atoms with van der Waals surface area (Å²) >= 11 is 1.82. The molecule has 90 valence electrons. The lowest BCUT2D eigenvalue weighted by molar-refractivity contribution is 0.367. The van der Waals surface area contributed by atoms with E-state index in [-0.39, 0.29) is 0 Å². The van der Waals surface area contributed by atoms with Crippen LogP contribution in [0.1, 0.15) is 55.8 Å². The summed E-state index contributed by atoms with van der Waals surface area (Å²) in [5.41, 5.74) is 1.17. The summed E-state index contributed by atoms with van der Waals surface area (Å²) in [5, 5.41) is 7.16. The van der Waals surface area contributed by atoms with Crippen molar-refractivity contribution in [2.75, 3.05) is 6.54 Å². The van der Waals surface area contributed by atoms with E-state index in [0.717, 1.165) is 12.5 Å². The zero-order chi connectivity index (χ0) is 11.4. The van der Waals surface area contributed by atoms with Crippen molar-refractivity contribution in [2.45, 2.75) is 52.0 Å². The molecule has 0 radical (unpaired) electrons. The molecule has 0 bridgehead atoms. The summed E-state index contributed by atoms with van der Waals surface area (Å²) in [6.45, 7) is 5.43. The van der Waals surface area contributed by atoms with Crippen LogP contribution in [-0.4, -0.2) is 11.5 Å². The smallest absolute Gasteiger partial charge is 0.110 e. The Balaban J connectivity index is 2.06. The van der Waals surface area contributed by atoms with Crippen molar-refractivity contribution in [3.63, 3.8) is 0 Å². The number of rotatable bonds is 5. The SMILES string of the molecule is CCCNC(c1nc(C)cs1)C1CCCC1. The van der Waals surface area contributed by atoms with Crippen LogP contribution in [0.15, 0.2) is 5.38 Å². The molecule has 1 heterocycles. The van der Waals surface area contributed by atoms with Crippen LogP contribution in [-0.2, 0) is 0 Å². The maximum atomic E-state index is 4.66. The molecule has 0 saturated heterocycles. The number of hydrogen-bond donors (Lipinski definition) is 1. The van der Waals surface area contributed by atoms with Crippen LogP contribution in [0.5, 0.6) is 0 Å². The quantitative estimate of drug-likeness (QED) is 0.846. The molecule has 16 heavy (non-hydrogen) atoms. The molecule has 1 aliphatic carbocycles. The van der Waals surface area contributed by atoms with Crippen LogP contribution in [0, 0.1) is 12.8 Å². The number of nitrogens with one attached hydrogen (secondary N) is 1. The highest BCUT2D eigenvalue weighted by molar-refractivity contribution is 7.09.